The second-order valence-electron chi connectivity index (χ2n) is 5.27. The minimum absolute atomic E-state index is 0.396. The van der Waals surface area contributed by atoms with Gasteiger partial charge in [-0.05, 0) is 25.5 Å². The molecule has 1 aromatic carbocycles. The van der Waals surface area contributed by atoms with Crippen LogP contribution in [0.2, 0.25) is 0 Å². The van der Waals surface area contributed by atoms with Gasteiger partial charge in [0.15, 0.2) is 6.61 Å². The molecule has 0 aliphatic rings. The molecule has 1 heterocycles. The lowest BCUT2D eigenvalue weighted by Gasteiger charge is -2.10. The summed E-state index contributed by atoms with van der Waals surface area (Å²) in [5.41, 5.74) is 1.33. The largest absolute Gasteiger partial charge is 0.454 e. The van der Waals surface area contributed by atoms with Crippen molar-refractivity contribution in [3.05, 3.63) is 62.4 Å². The number of hydrogen-bond acceptors (Lipinski definition) is 5. The van der Waals surface area contributed by atoms with Crippen molar-refractivity contribution in [2.75, 3.05) is 11.9 Å². The van der Waals surface area contributed by atoms with Gasteiger partial charge in [0.25, 0.3) is 11.5 Å². The predicted octanol–water partition coefficient (Wildman–Crippen LogP) is 0.335. The summed E-state index contributed by atoms with van der Waals surface area (Å²) in [7, 11) is 0. The first-order valence-electron chi connectivity index (χ1n) is 7.17. The number of aromatic amines is 1. The van der Waals surface area contributed by atoms with Gasteiger partial charge >= 0.3 is 11.7 Å². The minimum Gasteiger partial charge on any atom is -0.454 e. The summed E-state index contributed by atoms with van der Waals surface area (Å²) in [6.45, 7) is 2.94. The summed E-state index contributed by atoms with van der Waals surface area (Å²) < 4.78 is 5.80. The predicted molar refractivity (Wildman–Crippen MR) is 86.8 cm³/mol. The van der Waals surface area contributed by atoms with E-state index in [9.17, 15) is 19.2 Å². The van der Waals surface area contributed by atoms with E-state index >= 15 is 0 Å². The topological polar surface area (TPSA) is 110 Å². The van der Waals surface area contributed by atoms with E-state index in [1.54, 1.807) is 6.07 Å². The number of rotatable bonds is 5. The number of esters is 1. The number of aromatic nitrogens is 2. The third kappa shape index (κ3) is 4.67. The van der Waals surface area contributed by atoms with Crippen LogP contribution in [0.1, 0.15) is 11.1 Å². The van der Waals surface area contributed by atoms with Crippen molar-refractivity contribution >= 4 is 17.6 Å². The number of anilines is 1. The SMILES string of the molecule is Cc1ccc(NC(=O)COC(=O)Cn2ccc(=O)[nH]c2=O)c(C)c1. The Balaban J connectivity index is 1.88. The molecule has 2 aromatic rings. The Morgan fingerprint density at radius 1 is 1.21 bits per heavy atom. The summed E-state index contributed by atoms with van der Waals surface area (Å²) in [5, 5.41) is 2.64. The van der Waals surface area contributed by atoms with Gasteiger partial charge in [-0.2, -0.15) is 0 Å². The quantitative estimate of drug-likeness (QED) is 0.768. The molecule has 1 amide bonds. The molecule has 8 nitrogen and oxygen atoms in total. The molecule has 1 aromatic heterocycles. The maximum absolute atomic E-state index is 11.8. The normalized spacial score (nSPS) is 10.2. The lowest BCUT2D eigenvalue weighted by Crippen LogP contribution is -2.32. The van der Waals surface area contributed by atoms with E-state index in [1.165, 1.54) is 6.20 Å². The van der Waals surface area contributed by atoms with Crippen LogP contribution in [0.4, 0.5) is 5.69 Å². The molecule has 0 atom stereocenters. The average molecular weight is 331 g/mol. The van der Waals surface area contributed by atoms with Gasteiger partial charge in [-0.3, -0.25) is 23.9 Å². The number of benzene rings is 1. The lowest BCUT2D eigenvalue weighted by molar-refractivity contribution is -0.148. The molecule has 24 heavy (non-hydrogen) atoms. The number of nitrogens with zero attached hydrogens (tertiary/aromatic N) is 1. The number of ether oxygens (including phenoxy) is 1. The Kier molecular flexibility index (Phi) is 5.31. The smallest absolute Gasteiger partial charge is 0.328 e. The lowest BCUT2D eigenvalue weighted by atomic mass is 10.1. The van der Waals surface area contributed by atoms with Gasteiger partial charge in [0.1, 0.15) is 6.54 Å². The first-order valence-corrected chi connectivity index (χ1v) is 7.17. The number of amides is 1. The molecular weight excluding hydrogens is 314 g/mol. The molecule has 0 aliphatic carbocycles. The van der Waals surface area contributed by atoms with Crippen LogP contribution >= 0.6 is 0 Å². The van der Waals surface area contributed by atoms with Crippen LogP contribution in [0.25, 0.3) is 0 Å². The summed E-state index contributed by atoms with van der Waals surface area (Å²) in [6, 6.07) is 6.66. The highest BCUT2D eigenvalue weighted by atomic mass is 16.5. The van der Waals surface area contributed by atoms with Crippen molar-refractivity contribution in [1.29, 1.82) is 0 Å². The van der Waals surface area contributed by atoms with E-state index in [-0.39, 0.29) is 0 Å². The zero-order chi connectivity index (χ0) is 17.7. The molecule has 0 spiro atoms. The van der Waals surface area contributed by atoms with Crippen LogP contribution in [0, 0.1) is 13.8 Å². The second kappa shape index (κ2) is 7.40. The zero-order valence-electron chi connectivity index (χ0n) is 13.3. The molecule has 0 saturated carbocycles. The van der Waals surface area contributed by atoms with Crippen molar-refractivity contribution in [2.24, 2.45) is 0 Å². The molecule has 0 fully saturated rings. The zero-order valence-corrected chi connectivity index (χ0v) is 13.3. The Morgan fingerprint density at radius 2 is 1.96 bits per heavy atom. The van der Waals surface area contributed by atoms with Gasteiger partial charge in [-0.15, -0.1) is 0 Å². The van der Waals surface area contributed by atoms with Gasteiger partial charge in [0, 0.05) is 18.0 Å². The number of nitrogens with one attached hydrogen (secondary N) is 2. The number of aryl methyl sites for hydroxylation is 2. The van der Waals surface area contributed by atoms with Crippen LogP contribution in [0.15, 0.2) is 40.1 Å². The highest BCUT2D eigenvalue weighted by molar-refractivity contribution is 5.93. The number of carbonyl (C=O) groups excluding carboxylic acids is 2. The van der Waals surface area contributed by atoms with Gasteiger partial charge in [0.05, 0.1) is 0 Å². The highest BCUT2D eigenvalue weighted by Gasteiger charge is 2.10. The molecule has 0 aliphatic heterocycles. The summed E-state index contributed by atoms with van der Waals surface area (Å²) in [6.07, 6.45) is 1.18. The van der Waals surface area contributed by atoms with Crippen LogP contribution in [-0.4, -0.2) is 28.0 Å². The second-order valence-corrected chi connectivity index (χ2v) is 5.27. The molecule has 0 bridgehead atoms. The fraction of sp³-hybridized carbons (Fsp3) is 0.250. The molecule has 2 rings (SSSR count). The molecular formula is C16H17N3O5. The molecule has 2 N–H and O–H groups in total. The first kappa shape index (κ1) is 17.2. The van der Waals surface area contributed by atoms with Gasteiger partial charge in [-0.25, -0.2) is 4.79 Å². The fourth-order valence-electron chi connectivity index (χ4n) is 2.04. The third-order valence-electron chi connectivity index (χ3n) is 3.22. The Morgan fingerprint density at radius 3 is 2.62 bits per heavy atom. The van der Waals surface area contributed by atoms with Crippen LogP contribution in [0.3, 0.4) is 0 Å². The van der Waals surface area contributed by atoms with Crippen LogP contribution in [-0.2, 0) is 20.9 Å². The summed E-state index contributed by atoms with van der Waals surface area (Å²) in [5.74, 6) is -1.25. The van der Waals surface area contributed by atoms with Crippen molar-refractivity contribution in [3.8, 4) is 0 Å². The molecule has 8 heteroatoms. The standard InChI is InChI=1S/C16H17N3O5/c1-10-3-4-12(11(2)7-10)17-14(21)9-24-15(22)8-19-6-5-13(20)18-16(19)23/h3-7H,8-9H2,1-2H3,(H,17,21)(H,18,20,23). The van der Waals surface area contributed by atoms with Gasteiger partial charge in [-0.1, -0.05) is 17.7 Å². The maximum atomic E-state index is 11.8. The van der Waals surface area contributed by atoms with Gasteiger partial charge < -0.3 is 10.1 Å². The van der Waals surface area contributed by atoms with Crippen molar-refractivity contribution in [3.63, 3.8) is 0 Å². The van der Waals surface area contributed by atoms with E-state index in [0.29, 0.717) is 5.69 Å². The number of hydrogen-bond donors (Lipinski definition) is 2. The van der Waals surface area contributed by atoms with Crippen molar-refractivity contribution in [1.82, 2.24) is 9.55 Å². The van der Waals surface area contributed by atoms with E-state index in [4.69, 9.17) is 4.74 Å². The monoisotopic (exact) mass is 331 g/mol. The van der Waals surface area contributed by atoms with Gasteiger partial charge in [0.2, 0.25) is 0 Å². The van der Waals surface area contributed by atoms with E-state index < -0.39 is 36.3 Å². The highest BCUT2D eigenvalue weighted by Crippen LogP contribution is 2.15. The molecule has 0 unspecified atom stereocenters. The van der Waals surface area contributed by atoms with Crippen molar-refractivity contribution < 1.29 is 14.3 Å². The molecule has 126 valence electrons. The number of carbonyl (C=O) groups is 2. The Hall–Kier alpha value is -3.16. The third-order valence-corrected chi connectivity index (χ3v) is 3.22. The first-order chi connectivity index (χ1) is 11.3. The maximum Gasteiger partial charge on any atom is 0.328 e. The Labute approximate surface area is 137 Å². The fourth-order valence-corrected chi connectivity index (χ4v) is 2.04. The summed E-state index contributed by atoms with van der Waals surface area (Å²) in [4.78, 5) is 47.9. The van der Waals surface area contributed by atoms with E-state index in [1.807, 2.05) is 31.0 Å². The van der Waals surface area contributed by atoms with Crippen LogP contribution in [0.5, 0.6) is 0 Å². The minimum atomic E-state index is -0.764. The number of H-pyrrole nitrogens is 1. The Bertz CT molecular complexity index is 882. The molecule has 0 saturated heterocycles. The van der Waals surface area contributed by atoms with Crippen LogP contribution < -0.4 is 16.6 Å². The average Bonchev–Trinajstić information content (AvgIpc) is 2.51. The summed E-state index contributed by atoms with van der Waals surface area (Å²) >= 11 is 0. The van der Waals surface area contributed by atoms with Crippen molar-refractivity contribution in [2.45, 2.75) is 20.4 Å². The van der Waals surface area contributed by atoms with E-state index in [2.05, 4.69) is 5.32 Å². The van der Waals surface area contributed by atoms with E-state index in [0.717, 1.165) is 21.8 Å². The molecule has 0 radical (unpaired) electrons.